The number of cyclic esters (lactones) is 1. The second-order valence-electron chi connectivity index (χ2n) is 2.80. The maximum absolute atomic E-state index is 11.2. The molecule has 0 saturated heterocycles. The first-order valence-corrected chi connectivity index (χ1v) is 5.41. The van der Waals surface area contributed by atoms with E-state index in [0.29, 0.717) is 8.96 Å². The Bertz CT molecular complexity index is 310. The summed E-state index contributed by atoms with van der Waals surface area (Å²) < 4.78 is 10.4. The van der Waals surface area contributed by atoms with Crippen LogP contribution in [0.25, 0.3) is 0 Å². The van der Waals surface area contributed by atoms with Gasteiger partial charge in [0.1, 0.15) is 10.6 Å². The number of hydrogen-bond donors (Lipinski definition) is 0. The van der Waals surface area contributed by atoms with E-state index in [1.165, 1.54) is 7.11 Å². The highest BCUT2D eigenvalue weighted by molar-refractivity contribution is 9.14. The predicted octanol–water partition coefficient (Wildman–Crippen LogP) is 1.72. The number of halogens is 2. The van der Waals surface area contributed by atoms with E-state index in [-0.39, 0.29) is 0 Å². The lowest BCUT2D eigenvalue weighted by atomic mass is 10.1. The lowest BCUT2D eigenvalue weighted by Crippen LogP contribution is -2.27. The third kappa shape index (κ3) is 2.00. The van der Waals surface area contributed by atoms with Crippen molar-refractivity contribution < 1.29 is 19.1 Å². The molecule has 1 aliphatic heterocycles. The standard InChI is InChI=1S/C8H8Br2O4/c1-3(7(11)13-2)6-4(9)5(10)8(12)14-6/h3,6H,1-2H3. The molecule has 0 saturated carbocycles. The van der Waals surface area contributed by atoms with Crippen LogP contribution in [-0.2, 0) is 19.1 Å². The molecule has 0 spiro atoms. The Balaban J connectivity index is 2.83. The van der Waals surface area contributed by atoms with E-state index < -0.39 is 24.0 Å². The molecular formula is C8H8Br2O4. The van der Waals surface area contributed by atoms with E-state index >= 15 is 0 Å². The molecule has 0 N–H and O–H groups in total. The summed E-state index contributed by atoms with van der Waals surface area (Å²) in [7, 11) is 1.29. The number of ether oxygens (including phenoxy) is 2. The molecule has 1 aliphatic rings. The molecule has 1 heterocycles. The van der Waals surface area contributed by atoms with Gasteiger partial charge in [-0.15, -0.1) is 0 Å². The molecule has 1 rings (SSSR count). The fraction of sp³-hybridized carbons (Fsp3) is 0.500. The summed E-state index contributed by atoms with van der Waals surface area (Å²) in [6.45, 7) is 1.64. The van der Waals surface area contributed by atoms with E-state index in [9.17, 15) is 9.59 Å². The molecule has 0 amide bonds. The largest absolute Gasteiger partial charge is 0.469 e. The van der Waals surface area contributed by atoms with Gasteiger partial charge in [0, 0.05) is 0 Å². The molecule has 0 aromatic rings. The number of carbonyl (C=O) groups excluding carboxylic acids is 2. The third-order valence-corrected chi connectivity index (χ3v) is 4.03. The normalized spacial score (nSPS) is 23.4. The second-order valence-corrected chi connectivity index (χ2v) is 4.45. The predicted molar refractivity (Wildman–Crippen MR) is 55.9 cm³/mol. The average Bonchev–Trinajstić information content (AvgIpc) is 2.43. The van der Waals surface area contributed by atoms with E-state index in [0.717, 1.165) is 0 Å². The Labute approximate surface area is 97.9 Å². The zero-order chi connectivity index (χ0) is 10.9. The molecule has 0 radical (unpaired) electrons. The van der Waals surface area contributed by atoms with Gasteiger partial charge in [0.2, 0.25) is 0 Å². The summed E-state index contributed by atoms with van der Waals surface area (Å²) in [5.41, 5.74) is 0. The van der Waals surface area contributed by atoms with Gasteiger partial charge in [-0.05, 0) is 22.9 Å². The van der Waals surface area contributed by atoms with Crippen LogP contribution < -0.4 is 0 Å². The topological polar surface area (TPSA) is 52.6 Å². The second kappa shape index (κ2) is 4.44. The van der Waals surface area contributed by atoms with E-state index in [2.05, 4.69) is 36.6 Å². The average molecular weight is 328 g/mol. The van der Waals surface area contributed by atoms with Gasteiger partial charge >= 0.3 is 11.9 Å². The van der Waals surface area contributed by atoms with Gasteiger partial charge in [-0.25, -0.2) is 4.79 Å². The Morgan fingerprint density at radius 3 is 2.50 bits per heavy atom. The molecule has 6 heteroatoms. The van der Waals surface area contributed by atoms with Crippen LogP contribution in [-0.4, -0.2) is 25.2 Å². The molecule has 14 heavy (non-hydrogen) atoms. The van der Waals surface area contributed by atoms with Gasteiger partial charge in [-0.3, -0.25) is 4.79 Å². The lowest BCUT2D eigenvalue weighted by molar-refractivity contribution is -0.152. The van der Waals surface area contributed by atoms with Gasteiger partial charge in [0.05, 0.1) is 17.5 Å². The number of methoxy groups -OCH3 is 1. The molecular weight excluding hydrogens is 320 g/mol. The van der Waals surface area contributed by atoms with Crippen molar-refractivity contribution in [3.63, 3.8) is 0 Å². The van der Waals surface area contributed by atoms with Crippen molar-refractivity contribution in [2.24, 2.45) is 5.92 Å². The minimum Gasteiger partial charge on any atom is -0.469 e. The van der Waals surface area contributed by atoms with Gasteiger partial charge in [0.25, 0.3) is 0 Å². The molecule has 2 atom stereocenters. The molecule has 4 nitrogen and oxygen atoms in total. The fourth-order valence-corrected chi connectivity index (χ4v) is 2.04. The van der Waals surface area contributed by atoms with Crippen molar-refractivity contribution >= 4 is 43.8 Å². The smallest absolute Gasteiger partial charge is 0.346 e. The molecule has 2 unspecified atom stereocenters. The number of rotatable bonds is 2. The maximum Gasteiger partial charge on any atom is 0.346 e. The van der Waals surface area contributed by atoms with Gasteiger partial charge in [0.15, 0.2) is 0 Å². The minimum absolute atomic E-state index is 0.318. The molecule has 0 bridgehead atoms. The van der Waals surface area contributed by atoms with Crippen LogP contribution in [0.4, 0.5) is 0 Å². The highest BCUT2D eigenvalue weighted by atomic mass is 79.9. The van der Waals surface area contributed by atoms with Gasteiger partial charge < -0.3 is 9.47 Å². The van der Waals surface area contributed by atoms with Crippen LogP contribution in [0.5, 0.6) is 0 Å². The molecule has 0 fully saturated rings. The Kier molecular flexibility index (Phi) is 3.71. The van der Waals surface area contributed by atoms with Crippen molar-refractivity contribution in [1.29, 1.82) is 0 Å². The third-order valence-electron chi connectivity index (χ3n) is 1.90. The van der Waals surface area contributed by atoms with Crippen LogP contribution in [0, 0.1) is 5.92 Å². The zero-order valence-electron chi connectivity index (χ0n) is 7.54. The molecule has 0 aromatic heterocycles. The fourth-order valence-electron chi connectivity index (χ4n) is 1.07. The van der Waals surface area contributed by atoms with Gasteiger partial charge in [-0.1, -0.05) is 15.9 Å². The van der Waals surface area contributed by atoms with Gasteiger partial charge in [-0.2, -0.15) is 0 Å². The lowest BCUT2D eigenvalue weighted by Gasteiger charge is -2.16. The number of hydrogen-bond acceptors (Lipinski definition) is 4. The number of carbonyl (C=O) groups is 2. The van der Waals surface area contributed by atoms with Crippen molar-refractivity contribution in [3.05, 3.63) is 8.96 Å². The summed E-state index contributed by atoms with van der Waals surface area (Å²) in [5, 5.41) is 0. The monoisotopic (exact) mass is 326 g/mol. The van der Waals surface area contributed by atoms with Crippen molar-refractivity contribution in [1.82, 2.24) is 0 Å². The highest BCUT2D eigenvalue weighted by Gasteiger charge is 2.38. The van der Waals surface area contributed by atoms with Crippen LogP contribution in [0.3, 0.4) is 0 Å². The first-order chi connectivity index (χ1) is 6.49. The maximum atomic E-state index is 11.2. The molecule has 78 valence electrons. The summed E-state index contributed by atoms with van der Waals surface area (Å²) in [6.07, 6.45) is -0.593. The quantitative estimate of drug-likeness (QED) is 0.725. The first kappa shape index (κ1) is 11.7. The van der Waals surface area contributed by atoms with Crippen molar-refractivity contribution in [2.45, 2.75) is 13.0 Å². The summed E-state index contributed by atoms with van der Waals surface area (Å²) >= 11 is 6.24. The van der Waals surface area contributed by atoms with Crippen LogP contribution in [0.2, 0.25) is 0 Å². The van der Waals surface area contributed by atoms with Crippen LogP contribution in [0.15, 0.2) is 8.96 Å². The highest BCUT2D eigenvalue weighted by Crippen LogP contribution is 2.35. The summed E-state index contributed by atoms with van der Waals surface area (Å²) in [5.74, 6) is -1.41. The summed E-state index contributed by atoms with van der Waals surface area (Å²) in [4.78, 5) is 22.3. The number of esters is 2. The van der Waals surface area contributed by atoms with Crippen LogP contribution in [0.1, 0.15) is 6.92 Å². The van der Waals surface area contributed by atoms with E-state index in [1.807, 2.05) is 0 Å². The first-order valence-electron chi connectivity index (χ1n) is 3.83. The zero-order valence-corrected chi connectivity index (χ0v) is 10.7. The Morgan fingerprint density at radius 2 is 2.14 bits per heavy atom. The van der Waals surface area contributed by atoms with E-state index in [4.69, 9.17) is 4.74 Å². The van der Waals surface area contributed by atoms with Crippen molar-refractivity contribution in [3.8, 4) is 0 Å². The minimum atomic E-state index is -0.593. The van der Waals surface area contributed by atoms with E-state index in [1.54, 1.807) is 6.92 Å². The summed E-state index contributed by atoms with van der Waals surface area (Å²) in [6, 6.07) is 0. The Hall–Kier alpha value is -0.360. The Morgan fingerprint density at radius 1 is 1.57 bits per heavy atom. The van der Waals surface area contributed by atoms with Crippen molar-refractivity contribution in [2.75, 3.05) is 7.11 Å². The molecule has 0 aromatic carbocycles. The SMILES string of the molecule is COC(=O)C(C)C1OC(=O)C(Br)=C1Br. The molecule has 0 aliphatic carbocycles. The van der Waals surface area contributed by atoms with Crippen LogP contribution >= 0.6 is 31.9 Å².